The van der Waals surface area contributed by atoms with Gasteiger partial charge in [-0.3, -0.25) is 0 Å². The smallest absolute Gasteiger partial charge is 0.0603 e. The Kier molecular flexibility index (Phi) is 5.53. The number of thioether (sulfide) groups is 1. The maximum absolute atomic E-state index is 5.65. The number of nitrogens with one attached hydrogen (secondary N) is 1. The van der Waals surface area contributed by atoms with Crippen LogP contribution in [-0.4, -0.2) is 31.1 Å². The third kappa shape index (κ3) is 4.24. The van der Waals surface area contributed by atoms with E-state index in [-0.39, 0.29) is 5.41 Å². The number of rotatable bonds is 4. The molecule has 1 aliphatic heterocycles. The summed E-state index contributed by atoms with van der Waals surface area (Å²) in [5.74, 6) is 0. The Morgan fingerprint density at radius 1 is 1.25 bits per heavy atom. The second-order valence-electron chi connectivity index (χ2n) is 6.46. The summed E-state index contributed by atoms with van der Waals surface area (Å²) in [5.41, 5.74) is 1.62. The van der Waals surface area contributed by atoms with Crippen LogP contribution in [0, 0.1) is 0 Å². The first-order valence-electron chi connectivity index (χ1n) is 7.59. The fraction of sp³-hybridized carbons (Fsp3) is 0.647. The van der Waals surface area contributed by atoms with Crippen LogP contribution in [0.1, 0.15) is 39.7 Å². The van der Waals surface area contributed by atoms with E-state index < -0.39 is 0 Å². The monoisotopic (exact) mass is 293 g/mol. The van der Waals surface area contributed by atoms with Gasteiger partial charge in [0.2, 0.25) is 0 Å². The SMILES string of the molecule is CCNC1CCOCC1Sc1ccc(C(C)(C)C)cc1. The molecule has 2 unspecified atom stereocenters. The maximum atomic E-state index is 5.65. The molecule has 3 heteroatoms. The highest BCUT2D eigenvalue weighted by Gasteiger charge is 2.26. The molecule has 1 heterocycles. The molecule has 0 aromatic heterocycles. The first-order chi connectivity index (χ1) is 9.50. The van der Waals surface area contributed by atoms with E-state index in [9.17, 15) is 0 Å². The lowest BCUT2D eigenvalue weighted by molar-refractivity contribution is 0.0837. The van der Waals surface area contributed by atoms with Crippen molar-refractivity contribution in [2.24, 2.45) is 0 Å². The molecule has 1 aliphatic rings. The van der Waals surface area contributed by atoms with Crippen LogP contribution in [-0.2, 0) is 10.2 Å². The summed E-state index contributed by atoms with van der Waals surface area (Å²) in [5, 5.41) is 4.11. The van der Waals surface area contributed by atoms with Crippen molar-refractivity contribution >= 4 is 11.8 Å². The summed E-state index contributed by atoms with van der Waals surface area (Å²) in [6.07, 6.45) is 1.12. The minimum atomic E-state index is 0.226. The average molecular weight is 293 g/mol. The molecule has 0 spiro atoms. The van der Waals surface area contributed by atoms with Gasteiger partial charge in [-0.15, -0.1) is 11.8 Å². The van der Waals surface area contributed by atoms with Crippen molar-refractivity contribution < 1.29 is 4.74 Å². The highest BCUT2D eigenvalue weighted by atomic mass is 32.2. The lowest BCUT2D eigenvalue weighted by atomic mass is 9.87. The highest BCUT2D eigenvalue weighted by molar-refractivity contribution is 8.00. The number of ether oxygens (including phenoxy) is 1. The fourth-order valence-electron chi connectivity index (χ4n) is 2.53. The lowest BCUT2D eigenvalue weighted by Gasteiger charge is -2.31. The van der Waals surface area contributed by atoms with Crippen LogP contribution in [0.5, 0.6) is 0 Å². The zero-order valence-electron chi connectivity index (χ0n) is 13.1. The van der Waals surface area contributed by atoms with Gasteiger partial charge in [0.25, 0.3) is 0 Å². The van der Waals surface area contributed by atoms with Crippen molar-refractivity contribution in [1.82, 2.24) is 5.32 Å². The Labute approximate surface area is 127 Å². The molecule has 0 radical (unpaired) electrons. The molecule has 1 saturated heterocycles. The molecule has 0 amide bonds. The lowest BCUT2D eigenvalue weighted by Crippen LogP contribution is -2.44. The third-order valence-corrected chi connectivity index (χ3v) is 5.09. The molecule has 1 aromatic carbocycles. The summed E-state index contributed by atoms with van der Waals surface area (Å²) < 4.78 is 5.65. The van der Waals surface area contributed by atoms with Crippen molar-refractivity contribution in [3.63, 3.8) is 0 Å². The summed E-state index contributed by atoms with van der Waals surface area (Å²) in [4.78, 5) is 1.34. The van der Waals surface area contributed by atoms with Crippen molar-refractivity contribution in [1.29, 1.82) is 0 Å². The summed E-state index contributed by atoms with van der Waals surface area (Å²) in [7, 11) is 0. The van der Waals surface area contributed by atoms with Crippen molar-refractivity contribution in [2.75, 3.05) is 19.8 Å². The van der Waals surface area contributed by atoms with E-state index in [4.69, 9.17) is 4.74 Å². The third-order valence-electron chi connectivity index (χ3n) is 3.78. The van der Waals surface area contributed by atoms with Crippen LogP contribution in [0.15, 0.2) is 29.2 Å². The van der Waals surface area contributed by atoms with Crippen LogP contribution in [0.4, 0.5) is 0 Å². The molecule has 2 nitrogen and oxygen atoms in total. The van der Waals surface area contributed by atoms with Gasteiger partial charge in [0.05, 0.1) is 6.61 Å². The molecule has 1 aromatic rings. The van der Waals surface area contributed by atoms with Crippen molar-refractivity contribution in [3.05, 3.63) is 29.8 Å². The van der Waals surface area contributed by atoms with Crippen LogP contribution in [0.25, 0.3) is 0 Å². The molecule has 2 atom stereocenters. The normalized spacial score (nSPS) is 23.8. The highest BCUT2D eigenvalue weighted by Crippen LogP contribution is 2.31. The molecular weight excluding hydrogens is 266 g/mol. The van der Waals surface area contributed by atoms with Crippen molar-refractivity contribution in [3.8, 4) is 0 Å². The molecule has 20 heavy (non-hydrogen) atoms. The predicted octanol–water partition coefficient (Wildman–Crippen LogP) is 3.84. The number of hydrogen-bond donors (Lipinski definition) is 1. The van der Waals surface area contributed by atoms with E-state index in [1.807, 2.05) is 11.8 Å². The standard InChI is InChI=1S/C17H27NOS/c1-5-18-15-10-11-19-12-16(15)20-14-8-6-13(7-9-14)17(2,3)4/h6-9,15-16,18H,5,10-12H2,1-4H3. The fourth-order valence-corrected chi connectivity index (χ4v) is 3.74. The van der Waals surface area contributed by atoms with E-state index >= 15 is 0 Å². The molecular formula is C17H27NOS. The molecule has 1 N–H and O–H groups in total. The average Bonchev–Trinajstić information content (AvgIpc) is 2.41. The van der Waals surface area contributed by atoms with Gasteiger partial charge >= 0.3 is 0 Å². The number of hydrogen-bond acceptors (Lipinski definition) is 3. The first kappa shape index (κ1) is 15.9. The second-order valence-corrected chi connectivity index (χ2v) is 7.77. The van der Waals surface area contributed by atoms with Crippen molar-refractivity contribution in [2.45, 2.75) is 55.7 Å². The molecule has 0 bridgehead atoms. The minimum Gasteiger partial charge on any atom is -0.380 e. The molecule has 1 fully saturated rings. The Morgan fingerprint density at radius 3 is 2.55 bits per heavy atom. The summed E-state index contributed by atoms with van der Waals surface area (Å²) >= 11 is 1.94. The first-order valence-corrected chi connectivity index (χ1v) is 8.47. The minimum absolute atomic E-state index is 0.226. The van der Waals surface area contributed by atoms with Crippen LogP contribution in [0.2, 0.25) is 0 Å². The van der Waals surface area contributed by atoms with E-state index in [0.717, 1.165) is 26.2 Å². The van der Waals surface area contributed by atoms with E-state index in [0.29, 0.717) is 11.3 Å². The van der Waals surface area contributed by atoms with Crippen LogP contribution in [0.3, 0.4) is 0 Å². The summed E-state index contributed by atoms with van der Waals surface area (Å²) in [6, 6.07) is 9.59. The second kappa shape index (κ2) is 6.97. The molecule has 0 aliphatic carbocycles. The van der Waals surface area contributed by atoms with Gasteiger partial charge in [0, 0.05) is 22.8 Å². The largest absolute Gasteiger partial charge is 0.380 e. The van der Waals surface area contributed by atoms with Crippen LogP contribution < -0.4 is 5.32 Å². The molecule has 2 rings (SSSR count). The van der Waals surface area contributed by atoms with Gasteiger partial charge in [-0.05, 0) is 36.1 Å². The van der Waals surface area contributed by atoms with E-state index in [1.54, 1.807) is 0 Å². The molecule has 0 saturated carbocycles. The predicted molar refractivity (Wildman–Crippen MR) is 87.7 cm³/mol. The Balaban J connectivity index is 2.01. The van der Waals surface area contributed by atoms with Gasteiger partial charge in [0.1, 0.15) is 0 Å². The maximum Gasteiger partial charge on any atom is 0.0603 e. The quantitative estimate of drug-likeness (QED) is 0.911. The number of benzene rings is 1. The van der Waals surface area contributed by atoms with E-state index in [2.05, 4.69) is 57.3 Å². The van der Waals surface area contributed by atoms with Gasteiger partial charge in [-0.2, -0.15) is 0 Å². The topological polar surface area (TPSA) is 21.3 Å². The van der Waals surface area contributed by atoms with Gasteiger partial charge < -0.3 is 10.1 Å². The zero-order valence-corrected chi connectivity index (χ0v) is 13.9. The Hall–Kier alpha value is -0.510. The Bertz CT molecular complexity index is 408. The van der Waals surface area contributed by atoms with E-state index in [1.165, 1.54) is 10.5 Å². The van der Waals surface area contributed by atoms with Gasteiger partial charge in [-0.25, -0.2) is 0 Å². The summed E-state index contributed by atoms with van der Waals surface area (Å²) in [6.45, 7) is 11.7. The Morgan fingerprint density at radius 2 is 1.95 bits per heavy atom. The van der Waals surface area contributed by atoms with Gasteiger partial charge in [-0.1, -0.05) is 39.8 Å². The molecule has 112 valence electrons. The van der Waals surface area contributed by atoms with Gasteiger partial charge in [0.15, 0.2) is 0 Å². The zero-order chi connectivity index (χ0) is 14.6. The van der Waals surface area contributed by atoms with Crippen LogP contribution >= 0.6 is 11.8 Å².